The summed E-state index contributed by atoms with van der Waals surface area (Å²) >= 11 is 0. The third-order valence-corrected chi connectivity index (χ3v) is 6.95. The Bertz CT molecular complexity index is 1380. The Kier molecular flexibility index (Phi) is 5.64. The third kappa shape index (κ3) is 4.24. The summed E-state index contributed by atoms with van der Waals surface area (Å²) in [4.78, 5) is 29.1. The highest BCUT2D eigenvalue weighted by molar-refractivity contribution is 7.91. The largest absolute Gasteiger partial charge is 0.422 e. The van der Waals surface area contributed by atoms with Crippen LogP contribution >= 0.6 is 0 Å². The number of hydrogen-bond acceptors (Lipinski definition) is 6. The molecule has 0 saturated heterocycles. The van der Waals surface area contributed by atoms with Crippen LogP contribution < -0.4 is 10.9 Å². The summed E-state index contributed by atoms with van der Waals surface area (Å²) in [6, 6.07) is 19.5. The van der Waals surface area contributed by atoms with E-state index in [1.165, 1.54) is 30.6 Å². The maximum absolute atomic E-state index is 13.3. The van der Waals surface area contributed by atoms with E-state index in [1.807, 2.05) is 0 Å². The van der Waals surface area contributed by atoms with Gasteiger partial charge in [-0.1, -0.05) is 42.5 Å². The normalized spacial score (nSPS) is 12.4. The van der Waals surface area contributed by atoms with E-state index in [2.05, 4.69) is 10.3 Å². The van der Waals surface area contributed by atoms with E-state index in [1.54, 1.807) is 54.6 Å². The zero-order chi connectivity index (χ0) is 21.8. The molecular weight excluding hydrogens is 416 g/mol. The average Bonchev–Trinajstić information content (AvgIpc) is 2.79. The average molecular weight is 434 g/mol. The zero-order valence-corrected chi connectivity index (χ0v) is 17.1. The van der Waals surface area contributed by atoms with Gasteiger partial charge in [0.25, 0.3) is 5.91 Å². The molecule has 0 saturated carbocycles. The van der Waals surface area contributed by atoms with Crippen molar-refractivity contribution >= 4 is 26.7 Å². The lowest BCUT2D eigenvalue weighted by Gasteiger charge is -2.18. The fourth-order valence-electron chi connectivity index (χ4n) is 3.25. The molecule has 31 heavy (non-hydrogen) atoms. The molecule has 7 nitrogen and oxygen atoms in total. The fraction of sp³-hybridized carbons (Fsp3) is 0.0870. The van der Waals surface area contributed by atoms with Crippen LogP contribution in [0.5, 0.6) is 0 Å². The van der Waals surface area contributed by atoms with E-state index in [0.717, 1.165) is 0 Å². The number of fused-ring (bicyclic) bond motifs is 1. The minimum absolute atomic E-state index is 0.128. The number of rotatable bonds is 6. The molecular formula is C23H18N2O5S. The molecule has 0 aliphatic heterocycles. The first-order valence-electron chi connectivity index (χ1n) is 9.47. The number of benzene rings is 2. The van der Waals surface area contributed by atoms with E-state index < -0.39 is 26.6 Å². The Balaban J connectivity index is 1.65. The zero-order valence-electron chi connectivity index (χ0n) is 16.3. The SMILES string of the molecule is O=C(NC[C@@H](c1cccnc1)S(=O)(=O)c1ccccc1)c1cc2ccccc2oc1=O. The summed E-state index contributed by atoms with van der Waals surface area (Å²) in [7, 11) is -3.83. The first-order chi connectivity index (χ1) is 15.0. The lowest BCUT2D eigenvalue weighted by molar-refractivity contribution is 0.0950. The van der Waals surface area contributed by atoms with Gasteiger partial charge in [0.05, 0.1) is 4.90 Å². The molecule has 4 aromatic rings. The van der Waals surface area contributed by atoms with Crippen LogP contribution in [0.2, 0.25) is 0 Å². The van der Waals surface area contributed by atoms with E-state index in [4.69, 9.17) is 4.42 Å². The lowest BCUT2D eigenvalue weighted by atomic mass is 10.1. The molecule has 1 atom stereocenters. The van der Waals surface area contributed by atoms with Gasteiger partial charge in [0, 0.05) is 24.3 Å². The van der Waals surface area contributed by atoms with E-state index in [-0.39, 0.29) is 17.0 Å². The second-order valence-electron chi connectivity index (χ2n) is 6.83. The molecule has 156 valence electrons. The molecule has 4 rings (SSSR count). The maximum Gasteiger partial charge on any atom is 0.349 e. The van der Waals surface area contributed by atoms with Crippen molar-refractivity contribution in [3.8, 4) is 0 Å². The number of nitrogens with zero attached hydrogens (tertiary/aromatic N) is 1. The van der Waals surface area contributed by atoms with Crippen molar-refractivity contribution < 1.29 is 17.6 Å². The smallest absolute Gasteiger partial charge is 0.349 e. The Morgan fingerprint density at radius 2 is 1.74 bits per heavy atom. The van der Waals surface area contributed by atoms with Crippen molar-refractivity contribution in [3.63, 3.8) is 0 Å². The van der Waals surface area contributed by atoms with E-state index in [0.29, 0.717) is 16.5 Å². The monoisotopic (exact) mass is 434 g/mol. The number of para-hydroxylation sites is 1. The maximum atomic E-state index is 13.3. The molecule has 0 spiro atoms. The minimum Gasteiger partial charge on any atom is -0.422 e. The molecule has 2 aromatic heterocycles. The van der Waals surface area contributed by atoms with Crippen LogP contribution in [0.3, 0.4) is 0 Å². The summed E-state index contributed by atoms with van der Waals surface area (Å²) < 4.78 is 31.7. The molecule has 0 aliphatic carbocycles. The molecule has 0 fully saturated rings. The van der Waals surface area contributed by atoms with Gasteiger partial charge in [-0.3, -0.25) is 9.78 Å². The summed E-state index contributed by atoms with van der Waals surface area (Å²) in [6.45, 7) is -0.242. The molecule has 1 amide bonds. The number of nitrogens with one attached hydrogen (secondary N) is 1. The Labute approximate surface area is 178 Å². The summed E-state index contributed by atoms with van der Waals surface area (Å²) in [5, 5.41) is 2.08. The highest BCUT2D eigenvalue weighted by Crippen LogP contribution is 2.28. The van der Waals surface area contributed by atoms with Crippen molar-refractivity contribution in [2.45, 2.75) is 10.1 Å². The van der Waals surface area contributed by atoms with Gasteiger partial charge in [-0.25, -0.2) is 13.2 Å². The Morgan fingerprint density at radius 3 is 2.48 bits per heavy atom. The van der Waals surface area contributed by atoms with Crippen LogP contribution in [0.15, 0.2) is 99.3 Å². The van der Waals surface area contributed by atoms with Gasteiger partial charge >= 0.3 is 5.63 Å². The van der Waals surface area contributed by atoms with Crippen LogP contribution in [-0.4, -0.2) is 25.9 Å². The number of sulfone groups is 1. The summed E-state index contributed by atoms with van der Waals surface area (Å²) in [6.07, 6.45) is 2.98. The van der Waals surface area contributed by atoms with Crippen molar-refractivity contribution in [3.05, 3.63) is 107 Å². The summed E-state index contributed by atoms with van der Waals surface area (Å²) in [5.74, 6) is -0.711. The topological polar surface area (TPSA) is 106 Å². The van der Waals surface area contributed by atoms with Crippen LogP contribution in [-0.2, 0) is 9.84 Å². The molecule has 0 aliphatic rings. The van der Waals surface area contributed by atoms with Crippen LogP contribution in [0.25, 0.3) is 11.0 Å². The Hall–Kier alpha value is -3.78. The van der Waals surface area contributed by atoms with Crippen molar-refractivity contribution in [2.75, 3.05) is 6.54 Å². The lowest BCUT2D eigenvalue weighted by Crippen LogP contribution is -2.34. The molecule has 8 heteroatoms. The number of carbonyl (C=O) groups excluding carboxylic acids is 1. The molecule has 2 aromatic carbocycles. The highest BCUT2D eigenvalue weighted by Gasteiger charge is 2.30. The third-order valence-electron chi connectivity index (χ3n) is 4.84. The number of pyridine rings is 1. The first-order valence-corrected chi connectivity index (χ1v) is 11.0. The van der Waals surface area contributed by atoms with Gasteiger partial charge in [-0.15, -0.1) is 0 Å². The quantitative estimate of drug-likeness (QED) is 0.467. The van der Waals surface area contributed by atoms with Gasteiger partial charge in [-0.05, 0) is 35.9 Å². The molecule has 0 unspecified atom stereocenters. The van der Waals surface area contributed by atoms with Gasteiger partial charge in [0.1, 0.15) is 16.4 Å². The van der Waals surface area contributed by atoms with E-state index >= 15 is 0 Å². The van der Waals surface area contributed by atoms with Crippen molar-refractivity contribution in [1.29, 1.82) is 0 Å². The second-order valence-corrected chi connectivity index (χ2v) is 8.96. The standard InChI is InChI=1S/C23H18N2O5S/c26-22(19-13-16-7-4-5-11-20(16)30-23(19)27)25-15-21(17-8-6-12-24-14-17)31(28,29)18-9-2-1-3-10-18/h1-14,21H,15H2,(H,25,26)/t21-/m0/s1. The predicted octanol–water partition coefficient (Wildman–Crippen LogP) is 3.13. The van der Waals surface area contributed by atoms with Gasteiger partial charge in [0.2, 0.25) is 0 Å². The number of carbonyl (C=O) groups is 1. The van der Waals surface area contributed by atoms with Gasteiger partial charge in [-0.2, -0.15) is 0 Å². The van der Waals surface area contributed by atoms with E-state index in [9.17, 15) is 18.0 Å². The van der Waals surface area contributed by atoms with Crippen molar-refractivity contribution in [1.82, 2.24) is 10.3 Å². The van der Waals surface area contributed by atoms with Crippen molar-refractivity contribution in [2.24, 2.45) is 0 Å². The highest BCUT2D eigenvalue weighted by atomic mass is 32.2. The second kappa shape index (κ2) is 8.53. The first kappa shape index (κ1) is 20.5. The van der Waals surface area contributed by atoms with Gasteiger partial charge in [0.15, 0.2) is 9.84 Å². The minimum atomic E-state index is -3.83. The predicted molar refractivity (Wildman–Crippen MR) is 115 cm³/mol. The molecule has 0 radical (unpaired) electrons. The molecule has 0 bridgehead atoms. The Morgan fingerprint density at radius 1 is 1.00 bits per heavy atom. The number of aromatic nitrogens is 1. The molecule has 2 heterocycles. The number of hydrogen-bond donors (Lipinski definition) is 1. The molecule has 1 N–H and O–H groups in total. The number of amides is 1. The van der Waals surface area contributed by atoms with Crippen LogP contribution in [0, 0.1) is 0 Å². The van der Waals surface area contributed by atoms with Crippen LogP contribution in [0.4, 0.5) is 0 Å². The summed E-state index contributed by atoms with van der Waals surface area (Å²) in [5.41, 5.74) is -0.193. The van der Waals surface area contributed by atoms with Crippen LogP contribution in [0.1, 0.15) is 21.2 Å². The fourth-order valence-corrected chi connectivity index (χ4v) is 4.91. The van der Waals surface area contributed by atoms with Gasteiger partial charge < -0.3 is 9.73 Å².